The maximum Gasteiger partial charge on any atom is 0.335 e. The van der Waals surface area contributed by atoms with Crippen molar-refractivity contribution in [2.45, 2.75) is 19.4 Å². The third-order valence-corrected chi connectivity index (χ3v) is 3.37. The number of aromatic carboxylic acids is 1. The summed E-state index contributed by atoms with van der Waals surface area (Å²) in [6.07, 6.45) is -0.331. The monoisotopic (exact) mass is 379 g/mol. The Bertz CT molecular complexity index is 467. The first kappa shape index (κ1) is 15.0. The van der Waals surface area contributed by atoms with Gasteiger partial charge < -0.3 is 15.6 Å². The van der Waals surface area contributed by atoms with E-state index in [0.717, 1.165) is 0 Å². The van der Waals surface area contributed by atoms with E-state index in [1.54, 1.807) is 6.92 Å². The molecule has 0 radical (unpaired) electrons. The van der Waals surface area contributed by atoms with E-state index in [9.17, 15) is 9.59 Å². The van der Waals surface area contributed by atoms with Crippen molar-refractivity contribution in [2.75, 3.05) is 0 Å². The highest BCUT2D eigenvalue weighted by molar-refractivity contribution is 9.11. The Hall–Kier alpha value is -1.08. The van der Waals surface area contributed by atoms with Crippen molar-refractivity contribution < 1.29 is 19.4 Å². The Morgan fingerprint density at radius 1 is 1.39 bits per heavy atom. The van der Waals surface area contributed by atoms with Crippen LogP contribution >= 0.6 is 31.9 Å². The first-order valence-electron chi connectivity index (χ1n) is 5.05. The molecule has 98 valence electrons. The second-order valence-electron chi connectivity index (χ2n) is 3.49. The predicted octanol–water partition coefficient (Wildman–Crippen LogP) is 2.55. The summed E-state index contributed by atoms with van der Waals surface area (Å²) in [6.45, 7) is 1.77. The number of carboxylic acids is 1. The molecule has 3 N–H and O–H groups in total. The van der Waals surface area contributed by atoms with Gasteiger partial charge in [-0.15, -0.1) is 0 Å². The van der Waals surface area contributed by atoms with Crippen LogP contribution in [0.1, 0.15) is 23.7 Å². The lowest BCUT2D eigenvalue weighted by atomic mass is 10.2. The zero-order valence-electron chi connectivity index (χ0n) is 9.44. The molecule has 5 nitrogen and oxygen atoms in total. The summed E-state index contributed by atoms with van der Waals surface area (Å²) in [6, 6.07) is 2.80. The Morgan fingerprint density at radius 3 is 2.22 bits per heavy atom. The largest absolute Gasteiger partial charge is 0.478 e. The summed E-state index contributed by atoms with van der Waals surface area (Å²) in [5.74, 6) is -1.27. The molecule has 0 saturated heterocycles. The Morgan fingerprint density at radius 2 is 1.89 bits per heavy atom. The van der Waals surface area contributed by atoms with Crippen molar-refractivity contribution in [1.29, 1.82) is 0 Å². The van der Waals surface area contributed by atoms with Gasteiger partial charge in [0.25, 0.3) is 5.91 Å². The third kappa shape index (κ3) is 3.46. The number of hydrogen-bond acceptors (Lipinski definition) is 3. The van der Waals surface area contributed by atoms with Crippen molar-refractivity contribution >= 4 is 43.7 Å². The highest BCUT2D eigenvalue weighted by Crippen LogP contribution is 2.35. The van der Waals surface area contributed by atoms with Crippen molar-refractivity contribution in [2.24, 2.45) is 5.73 Å². The van der Waals surface area contributed by atoms with Crippen LogP contribution in [-0.4, -0.2) is 23.1 Å². The number of amides is 1. The molecule has 0 spiro atoms. The fourth-order valence-corrected chi connectivity index (χ4v) is 2.65. The zero-order chi connectivity index (χ0) is 13.9. The molecule has 7 heteroatoms. The second kappa shape index (κ2) is 6.19. The van der Waals surface area contributed by atoms with E-state index in [1.807, 2.05) is 0 Å². The van der Waals surface area contributed by atoms with E-state index in [1.165, 1.54) is 12.1 Å². The summed E-state index contributed by atoms with van der Waals surface area (Å²) >= 11 is 6.41. The van der Waals surface area contributed by atoms with Crippen LogP contribution in [0.2, 0.25) is 0 Å². The average molecular weight is 381 g/mol. The van der Waals surface area contributed by atoms with E-state index in [-0.39, 0.29) is 5.56 Å². The first-order valence-corrected chi connectivity index (χ1v) is 6.63. The Kier molecular flexibility index (Phi) is 5.15. The van der Waals surface area contributed by atoms with Crippen LogP contribution in [-0.2, 0) is 4.79 Å². The first-order chi connectivity index (χ1) is 8.36. The van der Waals surface area contributed by atoms with Gasteiger partial charge in [-0.3, -0.25) is 4.79 Å². The number of carboxylic acid groups (broad SMARTS) is 1. The molecule has 1 aromatic rings. The zero-order valence-corrected chi connectivity index (χ0v) is 12.6. The molecular weight excluding hydrogens is 370 g/mol. The van der Waals surface area contributed by atoms with Gasteiger partial charge in [-0.05, 0) is 50.4 Å². The summed E-state index contributed by atoms with van der Waals surface area (Å²) in [5.41, 5.74) is 5.29. The molecule has 1 aromatic carbocycles. The lowest BCUT2D eigenvalue weighted by Gasteiger charge is -2.17. The number of halogens is 2. The number of benzene rings is 1. The second-order valence-corrected chi connectivity index (χ2v) is 5.20. The van der Waals surface area contributed by atoms with Crippen LogP contribution in [0.5, 0.6) is 5.75 Å². The summed E-state index contributed by atoms with van der Waals surface area (Å²) < 4.78 is 6.34. The van der Waals surface area contributed by atoms with Crippen LogP contribution in [0.15, 0.2) is 21.1 Å². The molecule has 1 rings (SSSR count). The highest BCUT2D eigenvalue weighted by Gasteiger charge is 2.19. The van der Waals surface area contributed by atoms with Gasteiger partial charge in [0.1, 0.15) is 5.75 Å². The van der Waals surface area contributed by atoms with Gasteiger partial charge >= 0.3 is 5.97 Å². The molecule has 0 fully saturated rings. The third-order valence-electron chi connectivity index (χ3n) is 2.19. The molecule has 1 amide bonds. The quantitative estimate of drug-likeness (QED) is 0.821. The summed E-state index contributed by atoms with van der Waals surface area (Å²) in [4.78, 5) is 22.0. The summed E-state index contributed by atoms with van der Waals surface area (Å²) in [7, 11) is 0. The van der Waals surface area contributed by atoms with Crippen LogP contribution in [0, 0.1) is 0 Å². The fraction of sp³-hybridized carbons (Fsp3) is 0.273. The number of rotatable bonds is 5. The van der Waals surface area contributed by atoms with Gasteiger partial charge in [0.2, 0.25) is 0 Å². The van der Waals surface area contributed by atoms with Gasteiger partial charge in [-0.2, -0.15) is 0 Å². The van der Waals surface area contributed by atoms with Crippen LogP contribution < -0.4 is 10.5 Å². The molecule has 0 aliphatic heterocycles. The smallest absolute Gasteiger partial charge is 0.335 e. The van der Waals surface area contributed by atoms with E-state index in [0.29, 0.717) is 21.1 Å². The van der Waals surface area contributed by atoms with Gasteiger partial charge in [-0.1, -0.05) is 6.92 Å². The maximum absolute atomic E-state index is 11.1. The molecule has 0 heterocycles. The van der Waals surface area contributed by atoms with Crippen molar-refractivity contribution in [1.82, 2.24) is 0 Å². The van der Waals surface area contributed by atoms with Crippen LogP contribution in [0.4, 0.5) is 0 Å². The molecule has 1 unspecified atom stereocenters. The lowest BCUT2D eigenvalue weighted by Crippen LogP contribution is -2.33. The molecule has 18 heavy (non-hydrogen) atoms. The number of nitrogens with two attached hydrogens (primary N) is 1. The Balaban J connectivity index is 3.10. The highest BCUT2D eigenvalue weighted by atomic mass is 79.9. The number of carbonyl (C=O) groups is 2. The topological polar surface area (TPSA) is 89.6 Å². The average Bonchev–Trinajstić information content (AvgIpc) is 2.27. The molecule has 1 atom stereocenters. The van der Waals surface area contributed by atoms with Gasteiger partial charge in [-0.25, -0.2) is 4.79 Å². The van der Waals surface area contributed by atoms with E-state index in [2.05, 4.69) is 31.9 Å². The van der Waals surface area contributed by atoms with Gasteiger partial charge in [0.15, 0.2) is 6.10 Å². The molecule has 0 aliphatic carbocycles. The number of primary amides is 1. The maximum atomic E-state index is 11.1. The number of carbonyl (C=O) groups excluding carboxylic acids is 1. The normalized spacial score (nSPS) is 11.9. The van der Waals surface area contributed by atoms with Crippen molar-refractivity contribution in [3.05, 3.63) is 26.6 Å². The minimum absolute atomic E-state index is 0.105. The van der Waals surface area contributed by atoms with Gasteiger partial charge in [0.05, 0.1) is 14.5 Å². The molecular formula is C11H11Br2NO4. The van der Waals surface area contributed by atoms with E-state index in [4.69, 9.17) is 15.6 Å². The number of ether oxygens (including phenoxy) is 1. The molecule has 0 aromatic heterocycles. The van der Waals surface area contributed by atoms with Crippen molar-refractivity contribution in [3.8, 4) is 5.75 Å². The number of hydrogen-bond donors (Lipinski definition) is 2. The minimum atomic E-state index is -1.05. The molecule has 0 bridgehead atoms. The standard InChI is InChI=1S/C11H11Br2NO4/c1-2-8(10(14)15)18-9-6(12)3-5(11(16)17)4-7(9)13/h3-4,8H,2H2,1H3,(H2,14,15)(H,16,17). The fourth-order valence-electron chi connectivity index (χ4n) is 1.28. The molecule has 0 saturated carbocycles. The molecule has 0 aliphatic rings. The van der Waals surface area contributed by atoms with Crippen LogP contribution in [0.25, 0.3) is 0 Å². The lowest BCUT2D eigenvalue weighted by molar-refractivity contribution is -0.124. The predicted molar refractivity (Wildman–Crippen MR) is 72.7 cm³/mol. The van der Waals surface area contributed by atoms with E-state index < -0.39 is 18.0 Å². The van der Waals surface area contributed by atoms with Crippen LogP contribution in [0.3, 0.4) is 0 Å². The SMILES string of the molecule is CCC(Oc1c(Br)cc(C(=O)O)cc1Br)C(N)=O. The van der Waals surface area contributed by atoms with Crippen molar-refractivity contribution in [3.63, 3.8) is 0 Å². The van der Waals surface area contributed by atoms with Gasteiger partial charge in [0, 0.05) is 0 Å². The minimum Gasteiger partial charge on any atom is -0.478 e. The van der Waals surface area contributed by atoms with E-state index >= 15 is 0 Å². The summed E-state index contributed by atoms with van der Waals surface area (Å²) in [5, 5.41) is 8.88. The Labute approximate surface area is 121 Å².